The van der Waals surface area contributed by atoms with Gasteiger partial charge in [-0.3, -0.25) is 14.5 Å². The molecule has 1 amide bonds. The van der Waals surface area contributed by atoms with Gasteiger partial charge in [0.05, 0.1) is 34.5 Å². The summed E-state index contributed by atoms with van der Waals surface area (Å²) in [5.74, 6) is -0.157. The second-order valence-corrected chi connectivity index (χ2v) is 6.47. The first kappa shape index (κ1) is 17.7. The highest BCUT2D eigenvalue weighted by atomic mass is 16.1. The lowest BCUT2D eigenvalue weighted by atomic mass is 10.2. The van der Waals surface area contributed by atoms with Crippen LogP contribution in [0.5, 0.6) is 0 Å². The van der Waals surface area contributed by atoms with E-state index in [0.29, 0.717) is 12.1 Å². The van der Waals surface area contributed by atoms with Gasteiger partial charge >= 0.3 is 0 Å². The van der Waals surface area contributed by atoms with Crippen molar-refractivity contribution < 1.29 is 4.79 Å². The Hall–Kier alpha value is -3.74. The highest BCUT2D eigenvalue weighted by Gasteiger charge is 2.15. The summed E-state index contributed by atoms with van der Waals surface area (Å²) < 4.78 is 3.54. The number of pyridine rings is 1. The second kappa shape index (κ2) is 7.48. The minimum Gasteiger partial charge on any atom is -0.348 e. The molecule has 3 heterocycles. The lowest BCUT2D eigenvalue weighted by molar-refractivity contribution is 0.0950. The predicted octanol–water partition coefficient (Wildman–Crippen LogP) is 2.91. The number of aryl methyl sites for hydroxylation is 1. The van der Waals surface area contributed by atoms with Gasteiger partial charge in [0.1, 0.15) is 0 Å². The van der Waals surface area contributed by atoms with E-state index in [-0.39, 0.29) is 5.91 Å². The summed E-state index contributed by atoms with van der Waals surface area (Å²) in [7, 11) is 1.88. The van der Waals surface area contributed by atoms with Gasteiger partial charge in [0.2, 0.25) is 0 Å². The van der Waals surface area contributed by atoms with Crippen LogP contribution in [0.1, 0.15) is 21.6 Å². The van der Waals surface area contributed by atoms with Crippen molar-refractivity contribution in [3.63, 3.8) is 0 Å². The maximum atomic E-state index is 12.6. The predicted molar refractivity (Wildman–Crippen MR) is 106 cm³/mol. The van der Waals surface area contributed by atoms with Gasteiger partial charge < -0.3 is 5.32 Å². The lowest BCUT2D eigenvalue weighted by Gasteiger charge is -2.07. The van der Waals surface area contributed by atoms with Crippen LogP contribution in [0.25, 0.3) is 17.1 Å². The molecule has 7 nitrogen and oxygen atoms in total. The first-order valence-corrected chi connectivity index (χ1v) is 8.95. The molecular weight excluding hydrogens is 352 g/mol. The van der Waals surface area contributed by atoms with Crippen molar-refractivity contribution in [3.8, 4) is 17.1 Å². The molecule has 4 aromatic rings. The van der Waals surface area contributed by atoms with Crippen molar-refractivity contribution in [2.75, 3.05) is 0 Å². The highest BCUT2D eigenvalue weighted by Crippen LogP contribution is 2.16. The fourth-order valence-electron chi connectivity index (χ4n) is 3.05. The number of hydrogen-bond donors (Lipinski definition) is 1. The van der Waals surface area contributed by atoms with E-state index < -0.39 is 0 Å². The van der Waals surface area contributed by atoms with Gasteiger partial charge in [-0.25, -0.2) is 4.68 Å². The molecule has 0 unspecified atom stereocenters. The number of carbonyl (C=O) groups excluding carboxylic acids is 1. The SMILES string of the molecule is Cc1c(C(=O)NCc2ccc(-c3ccnn3C)nc2)cnn1-c1ccccc1. The van der Waals surface area contributed by atoms with Gasteiger partial charge in [-0.15, -0.1) is 0 Å². The Kier molecular flexibility index (Phi) is 4.72. The number of aromatic nitrogens is 5. The van der Waals surface area contributed by atoms with Crippen LogP contribution in [0.15, 0.2) is 67.1 Å². The largest absolute Gasteiger partial charge is 0.348 e. The van der Waals surface area contributed by atoms with Gasteiger partial charge in [0.25, 0.3) is 5.91 Å². The topological polar surface area (TPSA) is 77.6 Å². The van der Waals surface area contributed by atoms with Crippen LogP contribution in [0.3, 0.4) is 0 Å². The van der Waals surface area contributed by atoms with Crippen molar-refractivity contribution in [2.24, 2.45) is 7.05 Å². The van der Waals surface area contributed by atoms with Gasteiger partial charge in [-0.2, -0.15) is 10.2 Å². The van der Waals surface area contributed by atoms with Crippen LogP contribution in [-0.4, -0.2) is 30.5 Å². The average molecular weight is 372 g/mol. The van der Waals surface area contributed by atoms with Crippen LogP contribution in [0, 0.1) is 6.92 Å². The smallest absolute Gasteiger partial charge is 0.255 e. The zero-order chi connectivity index (χ0) is 19.5. The van der Waals surface area contributed by atoms with Gasteiger partial charge in [0.15, 0.2) is 0 Å². The number of amides is 1. The van der Waals surface area contributed by atoms with Crippen LogP contribution in [-0.2, 0) is 13.6 Å². The normalized spacial score (nSPS) is 10.8. The zero-order valence-electron chi connectivity index (χ0n) is 15.7. The van der Waals surface area contributed by atoms with E-state index in [4.69, 9.17) is 0 Å². The number of hydrogen-bond acceptors (Lipinski definition) is 4. The average Bonchev–Trinajstić information content (AvgIpc) is 3.33. The molecule has 1 N–H and O–H groups in total. The van der Waals surface area contributed by atoms with Crippen LogP contribution < -0.4 is 5.32 Å². The molecule has 0 atom stereocenters. The first-order chi connectivity index (χ1) is 13.6. The number of benzene rings is 1. The van der Waals surface area contributed by atoms with E-state index >= 15 is 0 Å². The molecule has 0 spiro atoms. The molecule has 4 rings (SSSR count). The van der Waals surface area contributed by atoms with Gasteiger partial charge in [0, 0.05) is 26.0 Å². The zero-order valence-corrected chi connectivity index (χ0v) is 15.7. The second-order valence-electron chi connectivity index (χ2n) is 6.47. The molecule has 0 aliphatic heterocycles. The Labute approximate surface area is 162 Å². The molecule has 3 aromatic heterocycles. The van der Waals surface area contributed by atoms with Gasteiger partial charge in [-0.1, -0.05) is 24.3 Å². The molecule has 0 bridgehead atoms. The molecule has 0 saturated carbocycles. The Balaban J connectivity index is 1.44. The number of nitrogens with one attached hydrogen (secondary N) is 1. The first-order valence-electron chi connectivity index (χ1n) is 8.95. The molecule has 1 aromatic carbocycles. The lowest BCUT2D eigenvalue weighted by Crippen LogP contribution is -2.23. The minimum absolute atomic E-state index is 0.157. The van der Waals surface area contributed by atoms with Crippen LogP contribution in [0.4, 0.5) is 0 Å². The van der Waals surface area contributed by atoms with Gasteiger partial charge in [-0.05, 0) is 36.8 Å². The summed E-state index contributed by atoms with van der Waals surface area (Å²) in [5.41, 5.74) is 4.99. The molecular formula is C21H20N6O. The van der Waals surface area contributed by atoms with E-state index in [1.165, 1.54) is 0 Å². The van der Waals surface area contributed by atoms with Crippen LogP contribution >= 0.6 is 0 Å². The fraction of sp³-hybridized carbons (Fsp3) is 0.143. The Bertz CT molecular complexity index is 1100. The molecule has 0 aliphatic carbocycles. The Morgan fingerprint density at radius 1 is 1.04 bits per heavy atom. The third kappa shape index (κ3) is 3.42. The summed E-state index contributed by atoms with van der Waals surface area (Å²) in [4.78, 5) is 17.1. The van der Waals surface area contributed by atoms with Crippen molar-refractivity contribution in [1.82, 2.24) is 29.9 Å². The van der Waals surface area contributed by atoms with E-state index in [2.05, 4.69) is 20.5 Å². The molecule has 28 heavy (non-hydrogen) atoms. The molecule has 140 valence electrons. The molecule has 0 saturated heterocycles. The Morgan fingerprint density at radius 3 is 2.54 bits per heavy atom. The van der Waals surface area contributed by atoms with E-state index in [1.54, 1.807) is 28.0 Å². The summed E-state index contributed by atoms with van der Waals surface area (Å²) in [6.07, 6.45) is 5.10. The van der Waals surface area contributed by atoms with Crippen LogP contribution in [0.2, 0.25) is 0 Å². The van der Waals surface area contributed by atoms with E-state index in [9.17, 15) is 4.79 Å². The Morgan fingerprint density at radius 2 is 1.86 bits per heavy atom. The highest BCUT2D eigenvalue weighted by molar-refractivity contribution is 5.95. The summed E-state index contributed by atoms with van der Waals surface area (Å²) in [5, 5.41) is 11.4. The number of rotatable bonds is 5. The third-order valence-electron chi connectivity index (χ3n) is 4.62. The summed E-state index contributed by atoms with van der Waals surface area (Å²) in [6, 6.07) is 15.5. The molecule has 0 fully saturated rings. The fourth-order valence-corrected chi connectivity index (χ4v) is 3.05. The molecule has 0 aliphatic rings. The van der Waals surface area contributed by atoms with Crippen molar-refractivity contribution in [1.29, 1.82) is 0 Å². The maximum absolute atomic E-state index is 12.6. The third-order valence-corrected chi connectivity index (χ3v) is 4.62. The molecule has 0 radical (unpaired) electrons. The van der Waals surface area contributed by atoms with Crippen molar-refractivity contribution in [3.05, 3.63) is 83.9 Å². The number of para-hydroxylation sites is 1. The monoisotopic (exact) mass is 372 g/mol. The number of nitrogens with zero attached hydrogens (tertiary/aromatic N) is 5. The molecule has 7 heteroatoms. The summed E-state index contributed by atoms with van der Waals surface area (Å²) >= 11 is 0. The van der Waals surface area contributed by atoms with Crippen molar-refractivity contribution >= 4 is 5.91 Å². The standard InChI is InChI=1S/C21H20N6O/c1-15-18(14-25-27(15)17-6-4-3-5-7-17)21(28)23-13-16-8-9-19(22-12-16)20-10-11-24-26(20)2/h3-12,14H,13H2,1-2H3,(H,23,28). The van der Waals surface area contributed by atoms with Crippen molar-refractivity contribution in [2.45, 2.75) is 13.5 Å². The maximum Gasteiger partial charge on any atom is 0.255 e. The minimum atomic E-state index is -0.157. The van der Waals surface area contributed by atoms with E-state index in [0.717, 1.165) is 28.3 Å². The quantitative estimate of drug-likeness (QED) is 0.584. The number of carbonyl (C=O) groups is 1. The van der Waals surface area contributed by atoms with E-state index in [1.807, 2.05) is 62.5 Å². The summed E-state index contributed by atoms with van der Waals surface area (Å²) in [6.45, 7) is 2.28.